The summed E-state index contributed by atoms with van der Waals surface area (Å²) in [6.07, 6.45) is 3.13. The van der Waals surface area contributed by atoms with Crippen LogP contribution < -0.4 is 4.90 Å². The van der Waals surface area contributed by atoms with Crippen LogP contribution in [0.3, 0.4) is 0 Å². The van der Waals surface area contributed by atoms with Gasteiger partial charge in [-0.2, -0.15) is 9.50 Å². The Balaban J connectivity index is 1.61. The number of piperazine rings is 1. The lowest BCUT2D eigenvalue weighted by atomic mass is 9.86. The van der Waals surface area contributed by atoms with Gasteiger partial charge in [-0.1, -0.05) is 51.6 Å². The minimum Gasteiger partial charge on any atom is -0.336 e. The predicted octanol–water partition coefficient (Wildman–Crippen LogP) is 2.92. The summed E-state index contributed by atoms with van der Waals surface area (Å²) in [5.74, 6) is 1.18. The van der Waals surface area contributed by atoms with Crippen molar-refractivity contribution in [3.8, 4) is 11.3 Å². The lowest BCUT2D eigenvalue weighted by Gasteiger charge is -2.33. The summed E-state index contributed by atoms with van der Waals surface area (Å²) in [6.45, 7) is 12.8. The number of aromatic nitrogens is 4. The first-order valence-electron chi connectivity index (χ1n) is 9.86. The molecular formula is C22H26N6O. The average molecular weight is 390 g/mol. The summed E-state index contributed by atoms with van der Waals surface area (Å²) in [5.41, 5.74) is 3.43. The van der Waals surface area contributed by atoms with Crippen molar-refractivity contribution in [2.45, 2.75) is 26.2 Å². The molecule has 0 aliphatic carbocycles. The third-order valence-electron chi connectivity index (χ3n) is 5.32. The molecule has 1 aliphatic heterocycles. The quantitative estimate of drug-likeness (QED) is 0.644. The van der Waals surface area contributed by atoms with Crippen molar-refractivity contribution in [2.75, 3.05) is 31.1 Å². The van der Waals surface area contributed by atoms with E-state index in [-0.39, 0.29) is 11.3 Å². The van der Waals surface area contributed by atoms with Gasteiger partial charge in [0.15, 0.2) is 0 Å². The molecule has 0 unspecified atom stereocenters. The SMILES string of the molecule is C=CC(=O)N1CCN(c2nc3nccc(-c4ccc(C(C)(C)C)cc4)n3n2)CC1. The van der Waals surface area contributed by atoms with Gasteiger partial charge in [0, 0.05) is 37.9 Å². The first-order chi connectivity index (χ1) is 13.9. The van der Waals surface area contributed by atoms with Crippen LogP contribution in [0.25, 0.3) is 17.0 Å². The first-order valence-corrected chi connectivity index (χ1v) is 9.86. The molecule has 1 amide bonds. The van der Waals surface area contributed by atoms with Crippen LogP contribution in [-0.4, -0.2) is 56.6 Å². The van der Waals surface area contributed by atoms with E-state index in [1.165, 1.54) is 11.6 Å². The van der Waals surface area contributed by atoms with Crippen LogP contribution in [0.4, 0.5) is 5.95 Å². The van der Waals surface area contributed by atoms with Crippen molar-refractivity contribution in [2.24, 2.45) is 0 Å². The number of hydrogen-bond donors (Lipinski definition) is 0. The van der Waals surface area contributed by atoms with Gasteiger partial charge in [-0.05, 0) is 23.1 Å². The molecule has 150 valence electrons. The van der Waals surface area contributed by atoms with Crippen LogP contribution >= 0.6 is 0 Å². The maximum absolute atomic E-state index is 11.8. The van der Waals surface area contributed by atoms with E-state index < -0.39 is 0 Å². The van der Waals surface area contributed by atoms with Gasteiger partial charge in [-0.15, -0.1) is 5.10 Å². The molecule has 1 saturated heterocycles. The molecule has 1 fully saturated rings. The lowest BCUT2D eigenvalue weighted by molar-refractivity contribution is -0.126. The van der Waals surface area contributed by atoms with Crippen molar-refractivity contribution in [1.82, 2.24) is 24.5 Å². The van der Waals surface area contributed by atoms with Crippen LogP contribution in [0.2, 0.25) is 0 Å². The van der Waals surface area contributed by atoms with Crippen molar-refractivity contribution < 1.29 is 4.79 Å². The fourth-order valence-electron chi connectivity index (χ4n) is 3.53. The van der Waals surface area contributed by atoms with E-state index in [0.29, 0.717) is 37.9 Å². The number of rotatable bonds is 3. The zero-order valence-corrected chi connectivity index (χ0v) is 17.2. The second kappa shape index (κ2) is 7.31. The maximum atomic E-state index is 11.8. The van der Waals surface area contributed by atoms with Crippen molar-refractivity contribution >= 4 is 17.6 Å². The maximum Gasteiger partial charge on any atom is 0.254 e. The number of nitrogens with zero attached hydrogens (tertiary/aromatic N) is 6. The van der Waals surface area contributed by atoms with Gasteiger partial charge in [0.05, 0.1) is 5.69 Å². The Morgan fingerprint density at radius 2 is 1.76 bits per heavy atom. The second-order valence-electron chi connectivity index (χ2n) is 8.30. The minimum absolute atomic E-state index is 0.0322. The first kappa shape index (κ1) is 19.1. The zero-order chi connectivity index (χ0) is 20.6. The molecule has 1 aromatic carbocycles. The molecule has 0 spiro atoms. The molecule has 0 bridgehead atoms. The Bertz CT molecular complexity index is 1040. The summed E-state index contributed by atoms with van der Waals surface area (Å²) in [7, 11) is 0. The van der Waals surface area contributed by atoms with Gasteiger partial charge < -0.3 is 9.80 Å². The average Bonchev–Trinajstić information content (AvgIpc) is 3.17. The van der Waals surface area contributed by atoms with Crippen molar-refractivity contribution in [1.29, 1.82) is 0 Å². The van der Waals surface area contributed by atoms with Crippen LogP contribution in [0.5, 0.6) is 0 Å². The van der Waals surface area contributed by atoms with Crippen molar-refractivity contribution in [3.05, 3.63) is 54.7 Å². The molecule has 1 aliphatic rings. The molecule has 0 radical (unpaired) electrons. The summed E-state index contributed by atoms with van der Waals surface area (Å²) in [4.78, 5) is 24.7. The summed E-state index contributed by atoms with van der Waals surface area (Å²) in [6, 6.07) is 10.5. The molecule has 0 saturated carbocycles. The summed E-state index contributed by atoms with van der Waals surface area (Å²) in [5, 5.41) is 4.72. The Kier molecular flexibility index (Phi) is 4.82. The Hall–Kier alpha value is -3.22. The molecule has 4 rings (SSSR count). The molecule has 0 N–H and O–H groups in total. The molecule has 2 aromatic heterocycles. The van der Waals surface area contributed by atoms with Crippen LogP contribution in [-0.2, 0) is 10.2 Å². The van der Waals surface area contributed by atoms with Crippen LogP contribution in [0, 0.1) is 0 Å². The van der Waals surface area contributed by atoms with E-state index in [1.54, 1.807) is 15.6 Å². The van der Waals surface area contributed by atoms with Crippen LogP contribution in [0.15, 0.2) is 49.2 Å². The highest BCUT2D eigenvalue weighted by Gasteiger charge is 2.23. The molecule has 7 heteroatoms. The summed E-state index contributed by atoms with van der Waals surface area (Å²) < 4.78 is 1.79. The highest BCUT2D eigenvalue weighted by Crippen LogP contribution is 2.26. The van der Waals surface area contributed by atoms with Gasteiger partial charge in [0.1, 0.15) is 0 Å². The third kappa shape index (κ3) is 3.72. The Morgan fingerprint density at radius 3 is 2.38 bits per heavy atom. The number of anilines is 1. The van der Waals surface area contributed by atoms with Gasteiger partial charge in [0.25, 0.3) is 5.78 Å². The van der Waals surface area contributed by atoms with E-state index in [4.69, 9.17) is 5.10 Å². The highest BCUT2D eigenvalue weighted by atomic mass is 16.2. The van der Waals surface area contributed by atoms with E-state index in [1.807, 2.05) is 6.07 Å². The largest absolute Gasteiger partial charge is 0.336 e. The topological polar surface area (TPSA) is 66.6 Å². The molecule has 29 heavy (non-hydrogen) atoms. The van der Waals surface area contributed by atoms with E-state index in [2.05, 4.69) is 66.5 Å². The lowest BCUT2D eigenvalue weighted by Crippen LogP contribution is -2.48. The second-order valence-corrected chi connectivity index (χ2v) is 8.30. The van der Waals surface area contributed by atoms with E-state index >= 15 is 0 Å². The van der Waals surface area contributed by atoms with Gasteiger partial charge >= 0.3 is 0 Å². The zero-order valence-electron chi connectivity index (χ0n) is 17.2. The number of amides is 1. The van der Waals surface area contributed by atoms with E-state index in [0.717, 1.165) is 11.3 Å². The minimum atomic E-state index is -0.0322. The fourth-order valence-corrected chi connectivity index (χ4v) is 3.53. The number of carbonyl (C=O) groups is 1. The molecule has 3 aromatic rings. The standard InChI is InChI=1S/C22H26N6O/c1-5-19(29)26-12-14-27(15-13-26)21-24-20-23-11-10-18(28(20)25-21)16-6-8-17(9-7-16)22(2,3)4/h5-11H,1,12-15H2,2-4H3. The van der Waals surface area contributed by atoms with Gasteiger partial charge in [-0.3, -0.25) is 4.79 Å². The Morgan fingerprint density at radius 1 is 1.07 bits per heavy atom. The smallest absolute Gasteiger partial charge is 0.254 e. The number of fused-ring (bicyclic) bond motifs is 1. The fraction of sp³-hybridized carbons (Fsp3) is 0.364. The number of benzene rings is 1. The normalized spacial score (nSPS) is 15.0. The Labute approximate surface area is 170 Å². The van der Waals surface area contributed by atoms with Crippen molar-refractivity contribution in [3.63, 3.8) is 0 Å². The van der Waals surface area contributed by atoms with Gasteiger partial charge in [0.2, 0.25) is 11.9 Å². The van der Waals surface area contributed by atoms with Gasteiger partial charge in [-0.25, -0.2) is 4.98 Å². The monoisotopic (exact) mass is 390 g/mol. The molecule has 0 atom stereocenters. The number of hydrogen-bond acceptors (Lipinski definition) is 5. The van der Waals surface area contributed by atoms with E-state index in [9.17, 15) is 4.79 Å². The molecular weight excluding hydrogens is 364 g/mol. The van der Waals surface area contributed by atoms with Crippen LogP contribution in [0.1, 0.15) is 26.3 Å². The highest BCUT2D eigenvalue weighted by molar-refractivity contribution is 5.87. The predicted molar refractivity (Wildman–Crippen MR) is 114 cm³/mol. The third-order valence-corrected chi connectivity index (χ3v) is 5.32. The number of carbonyl (C=O) groups excluding carboxylic acids is 1. The molecule has 7 nitrogen and oxygen atoms in total. The molecule has 3 heterocycles. The summed E-state index contributed by atoms with van der Waals surface area (Å²) >= 11 is 0.